The minimum absolute atomic E-state index is 0.0945. The van der Waals surface area contributed by atoms with E-state index in [1.165, 1.54) is 0 Å². The van der Waals surface area contributed by atoms with Gasteiger partial charge in [0.15, 0.2) is 14.9 Å². The van der Waals surface area contributed by atoms with Crippen LogP contribution in [0.5, 0.6) is 0 Å². The Balaban J connectivity index is 2.93. The van der Waals surface area contributed by atoms with Crippen LogP contribution in [0.25, 0.3) is 0 Å². The van der Waals surface area contributed by atoms with E-state index in [9.17, 15) is 8.42 Å². The predicted octanol–water partition coefficient (Wildman–Crippen LogP) is 2.23. The van der Waals surface area contributed by atoms with Crippen molar-refractivity contribution in [3.8, 4) is 0 Å². The molecule has 0 aliphatic rings. The maximum Gasteiger partial charge on any atom is 0.195 e. The van der Waals surface area contributed by atoms with Gasteiger partial charge in [-0.3, -0.25) is 0 Å². The Kier molecular flexibility index (Phi) is 4.27. The second kappa shape index (κ2) is 5.26. The second-order valence-corrected chi connectivity index (χ2v) is 5.55. The Morgan fingerprint density at radius 1 is 1.40 bits per heavy atom. The summed E-state index contributed by atoms with van der Waals surface area (Å²) < 4.78 is 23.1. The molecule has 1 heterocycles. The zero-order valence-corrected chi connectivity index (χ0v) is 9.92. The van der Waals surface area contributed by atoms with Crippen LogP contribution in [0.2, 0.25) is 0 Å². The molecule has 0 spiro atoms. The van der Waals surface area contributed by atoms with Gasteiger partial charge in [0.2, 0.25) is 0 Å². The van der Waals surface area contributed by atoms with Crippen LogP contribution < -0.4 is 0 Å². The van der Waals surface area contributed by atoms with E-state index in [0.717, 1.165) is 18.4 Å². The van der Waals surface area contributed by atoms with Crippen molar-refractivity contribution >= 4 is 9.84 Å². The summed E-state index contributed by atoms with van der Waals surface area (Å²) in [5.41, 5.74) is 0.930. The van der Waals surface area contributed by atoms with Crippen molar-refractivity contribution in [2.45, 2.75) is 31.7 Å². The van der Waals surface area contributed by atoms with Gasteiger partial charge in [-0.1, -0.05) is 20.3 Å². The highest BCUT2D eigenvalue weighted by molar-refractivity contribution is 7.91. The molecule has 0 amide bonds. The molecule has 1 aromatic rings. The van der Waals surface area contributed by atoms with Crippen LogP contribution in [0.3, 0.4) is 0 Å². The van der Waals surface area contributed by atoms with Gasteiger partial charge in [0.25, 0.3) is 0 Å². The lowest BCUT2D eigenvalue weighted by atomic mass is 10.1. The number of hydrogen-bond donors (Lipinski definition) is 0. The van der Waals surface area contributed by atoms with Gasteiger partial charge in [0, 0.05) is 6.20 Å². The van der Waals surface area contributed by atoms with Crippen LogP contribution >= 0.6 is 0 Å². The fourth-order valence-corrected chi connectivity index (χ4v) is 2.01. The van der Waals surface area contributed by atoms with Crippen LogP contribution in [-0.2, 0) is 9.84 Å². The highest BCUT2D eigenvalue weighted by atomic mass is 32.2. The quantitative estimate of drug-likeness (QED) is 0.773. The Bertz CT molecular complexity index is 412. The minimum atomic E-state index is -3.18. The third-order valence-electron chi connectivity index (χ3n) is 2.13. The molecule has 0 saturated carbocycles. The lowest BCUT2D eigenvalue weighted by Gasteiger charge is -2.03. The van der Waals surface area contributed by atoms with E-state index in [2.05, 4.69) is 11.9 Å². The van der Waals surface area contributed by atoms with E-state index in [0.29, 0.717) is 0 Å². The van der Waals surface area contributed by atoms with Crippen LogP contribution in [0.1, 0.15) is 32.3 Å². The van der Waals surface area contributed by atoms with Crippen molar-refractivity contribution in [3.63, 3.8) is 0 Å². The number of pyridine rings is 1. The van der Waals surface area contributed by atoms with Crippen molar-refractivity contribution in [3.05, 3.63) is 30.3 Å². The van der Waals surface area contributed by atoms with Gasteiger partial charge in [-0.25, -0.2) is 13.4 Å². The van der Waals surface area contributed by atoms with Crippen LogP contribution in [0, 0.1) is 6.42 Å². The number of unbranched alkanes of at least 4 members (excludes halogenated alkanes) is 1. The van der Waals surface area contributed by atoms with Gasteiger partial charge in [-0.15, -0.1) is 0 Å². The maximum absolute atomic E-state index is 11.6. The number of aromatic nitrogens is 1. The molecule has 83 valence electrons. The number of nitrogens with zero attached hydrogens (tertiary/aromatic N) is 1. The first-order valence-electron chi connectivity index (χ1n) is 5.12. The molecule has 0 N–H and O–H groups in total. The monoisotopic (exact) mass is 226 g/mol. The smallest absolute Gasteiger partial charge is 0.195 e. The van der Waals surface area contributed by atoms with E-state index in [4.69, 9.17) is 0 Å². The predicted molar refractivity (Wildman–Crippen MR) is 60.3 cm³/mol. The zero-order valence-electron chi connectivity index (χ0n) is 9.10. The molecule has 0 bridgehead atoms. The standard InChI is InChI=1S/C11H16NO2S/c1-3-5-6-10-7-8-12-11(9-10)15(13,14)4-2/h6-9H,3-5H2,1-2H3. The second-order valence-electron chi connectivity index (χ2n) is 3.32. The van der Waals surface area contributed by atoms with Gasteiger partial charge >= 0.3 is 0 Å². The van der Waals surface area contributed by atoms with Crippen molar-refractivity contribution in [2.24, 2.45) is 0 Å². The molecule has 0 aliphatic heterocycles. The summed E-state index contributed by atoms with van der Waals surface area (Å²) in [4.78, 5) is 3.88. The molecule has 0 atom stereocenters. The van der Waals surface area contributed by atoms with E-state index < -0.39 is 9.84 Å². The molecule has 1 rings (SSSR count). The van der Waals surface area contributed by atoms with Crippen LogP contribution in [-0.4, -0.2) is 19.2 Å². The van der Waals surface area contributed by atoms with Crippen molar-refractivity contribution in [1.29, 1.82) is 0 Å². The molecular weight excluding hydrogens is 210 g/mol. The normalized spacial score (nSPS) is 11.6. The van der Waals surface area contributed by atoms with Crippen molar-refractivity contribution in [1.82, 2.24) is 4.98 Å². The average Bonchev–Trinajstić information content (AvgIpc) is 2.27. The minimum Gasteiger partial charge on any atom is -0.245 e. The van der Waals surface area contributed by atoms with Gasteiger partial charge in [-0.2, -0.15) is 0 Å². The Morgan fingerprint density at radius 3 is 2.73 bits per heavy atom. The molecule has 4 heteroatoms. The maximum atomic E-state index is 11.6. The lowest BCUT2D eigenvalue weighted by molar-refractivity contribution is 0.593. The molecule has 0 fully saturated rings. The lowest BCUT2D eigenvalue weighted by Crippen LogP contribution is -2.06. The molecule has 3 nitrogen and oxygen atoms in total. The first-order valence-corrected chi connectivity index (χ1v) is 6.77. The summed E-state index contributed by atoms with van der Waals surface area (Å²) in [6.45, 7) is 3.71. The summed E-state index contributed by atoms with van der Waals surface area (Å²) in [6.07, 6.45) is 5.58. The molecular formula is C11H16NO2S. The van der Waals surface area contributed by atoms with E-state index in [1.54, 1.807) is 19.2 Å². The highest BCUT2D eigenvalue weighted by Gasteiger charge is 2.13. The molecule has 0 aromatic carbocycles. The largest absolute Gasteiger partial charge is 0.245 e. The first kappa shape index (κ1) is 12.2. The van der Waals surface area contributed by atoms with Crippen LogP contribution in [0.4, 0.5) is 0 Å². The zero-order chi connectivity index (χ0) is 11.3. The summed E-state index contributed by atoms with van der Waals surface area (Å²) >= 11 is 0. The fourth-order valence-electron chi connectivity index (χ4n) is 1.18. The Morgan fingerprint density at radius 2 is 2.13 bits per heavy atom. The molecule has 0 aliphatic carbocycles. The summed E-state index contributed by atoms with van der Waals surface area (Å²) in [5, 5.41) is 0.176. The summed E-state index contributed by atoms with van der Waals surface area (Å²) in [6, 6.07) is 3.46. The summed E-state index contributed by atoms with van der Waals surface area (Å²) in [5.74, 6) is 0.0945. The number of rotatable bonds is 5. The van der Waals surface area contributed by atoms with E-state index in [1.807, 2.05) is 12.5 Å². The SMILES string of the molecule is CCC[CH]c1ccnc(S(=O)(=O)CC)c1. The third-order valence-corrected chi connectivity index (χ3v) is 3.75. The first-order chi connectivity index (χ1) is 7.10. The van der Waals surface area contributed by atoms with Crippen molar-refractivity contribution < 1.29 is 8.42 Å². The van der Waals surface area contributed by atoms with Gasteiger partial charge in [0.1, 0.15) is 0 Å². The highest BCUT2D eigenvalue weighted by Crippen LogP contribution is 2.13. The topological polar surface area (TPSA) is 47.0 Å². The molecule has 15 heavy (non-hydrogen) atoms. The fraction of sp³-hybridized carbons (Fsp3) is 0.455. The van der Waals surface area contributed by atoms with E-state index >= 15 is 0 Å². The summed E-state index contributed by atoms with van der Waals surface area (Å²) in [7, 11) is -3.18. The average molecular weight is 226 g/mol. The van der Waals surface area contributed by atoms with Crippen molar-refractivity contribution in [2.75, 3.05) is 5.75 Å². The molecule has 1 radical (unpaired) electrons. The van der Waals surface area contributed by atoms with Crippen LogP contribution in [0.15, 0.2) is 23.4 Å². The van der Waals surface area contributed by atoms with Gasteiger partial charge in [-0.05, 0) is 30.5 Å². The molecule has 0 unspecified atom stereocenters. The van der Waals surface area contributed by atoms with Gasteiger partial charge < -0.3 is 0 Å². The third kappa shape index (κ3) is 3.30. The Hall–Kier alpha value is -0.900. The number of hydrogen-bond acceptors (Lipinski definition) is 3. The van der Waals surface area contributed by atoms with Gasteiger partial charge in [0.05, 0.1) is 5.75 Å². The molecule has 1 aromatic heterocycles. The van der Waals surface area contributed by atoms with E-state index in [-0.39, 0.29) is 10.8 Å². The molecule has 0 saturated heterocycles. The Labute approximate surface area is 91.5 Å². The number of sulfone groups is 1.